The van der Waals surface area contributed by atoms with Gasteiger partial charge in [0.25, 0.3) is 0 Å². The lowest BCUT2D eigenvalue weighted by atomic mass is 9.94. The first-order chi connectivity index (χ1) is 8.83. The minimum absolute atomic E-state index is 0.00287. The van der Waals surface area contributed by atoms with Crippen LogP contribution in [0.1, 0.15) is 42.7 Å². The smallest absolute Gasteiger partial charge is 0.220 e. The van der Waals surface area contributed by atoms with E-state index in [9.17, 15) is 4.79 Å². The van der Waals surface area contributed by atoms with Crippen molar-refractivity contribution in [1.82, 2.24) is 0 Å². The number of fused-ring (bicyclic) bond motifs is 1. The van der Waals surface area contributed by atoms with E-state index in [1.54, 1.807) is 6.08 Å². The van der Waals surface area contributed by atoms with Gasteiger partial charge >= 0.3 is 0 Å². The number of allylic oxidation sites excluding steroid dienone is 2. The zero-order chi connectivity index (χ0) is 12.4. The molecule has 0 saturated heterocycles. The molecule has 0 unspecified atom stereocenters. The van der Waals surface area contributed by atoms with Crippen LogP contribution in [0.15, 0.2) is 46.4 Å². The topological polar surface area (TPSA) is 30.2 Å². The second kappa shape index (κ2) is 4.81. The van der Waals surface area contributed by atoms with E-state index in [2.05, 4.69) is 0 Å². The maximum atomic E-state index is 12.1. The summed E-state index contributed by atoms with van der Waals surface area (Å²) in [5, 5.41) is 0.989. The van der Waals surface area contributed by atoms with Crippen LogP contribution >= 0.6 is 0 Å². The third-order valence-corrected chi connectivity index (χ3v) is 3.50. The van der Waals surface area contributed by atoms with Gasteiger partial charge in [0, 0.05) is 5.39 Å². The molecular formula is C16H16O2. The van der Waals surface area contributed by atoms with Crippen LogP contribution in [0.4, 0.5) is 0 Å². The Morgan fingerprint density at radius 3 is 2.67 bits per heavy atom. The Labute approximate surface area is 106 Å². The highest BCUT2D eigenvalue weighted by molar-refractivity contribution is 6.05. The quantitative estimate of drug-likeness (QED) is 0.571. The zero-order valence-corrected chi connectivity index (χ0v) is 10.3. The number of rotatable bonds is 2. The fourth-order valence-corrected chi connectivity index (χ4v) is 2.51. The van der Waals surface area contributed by atoms with Gasteiger partial charge in [0.2, 0.25) is 5.78 Å². The van der Waals surface area contributed by atoms with Crippen molar-refractivity contribution < 1.29 is 9.21 Å². The molecule has 0 spiro atoms. The fraction of sp³-hybridized carbons (Fsp3) is 0.312. The Hall–Kier alpha value is -1.83. The van der Waals surface area contributed by atoms with Crippen LogP contribution in [0.2, 0.25) is 0 Å². The molecule has 0 aliphatic heterocycles. The number of carbonyl (C=O) groups is 1. The molecule has 1 heterocycles. The summed E-state index contributed by atoms with van der Waals surface area (Å²) in [6.45, 7) is 0. The first kappa shape index (κ1) is 11.3. The Kier molecular flexibility index (Phi) is 3.01. The molecule has 2 aromatic rings. The van der Waals surface area contributed by atoms with Crippen molar-refractivity contribution in [2.45, 2.75) is 32.1 Å². The van der Waals surface area contributed by atoms with Gasteiger partial charge in [-0.15, -0.1) is 0 Å². The van der Waals surface area contributed by atoms with Crippen LogP contribution in [0.5, 0.6) is 0 Å². The molecule has 1 aromatic carbocycles. The summed E-state index contributed by atoms with van der Waals surface area (Å²) < 4.78 is 5.58. The van der Waals surface area contributed by atoms with Gasteiger partial charge in [-0.2, -0.15) is 0 Å². The number of hydrogen-bond donors (Lipinski definition) is 0. The minimum atomic E-state index is 0.00287. The van der Waals surface area contributed by atoms with E-state index in [1.807, 2.05) is 30.3 Å². The summed E-state index contributed by atoms with van der Waals surface area (Å²) in [4.78, 5) is 12.1. The van der Waals surface area contributed by atoms with E-state index in [-0.39, 0.29) is 5.78 Å². The largest absolute Gasteiger partial charge is 0.453 e. The highest BCUT2D eigenvalue weighted by Crippen LogP contribution is 2.24. The average molecular weight is 240 g/mol. The van der Waals surface area contributed by atoms with Gasteiger partial charge < -0.3 is 4.42 Å². The van der Waals surface area contributed by atoms with Gasteiger partial charge in [-0.3, -0.25) is 4.79 Å². The molecule has 0 N–H and O–H groups in total. The lowest BCUT2D eigenvalue weighted by molar-refractivity contribution is 0.102. The predicted octanol–water partition coefficient (Wildman–Crippen LogP) is 4.51. The molecule has 3 rings (SSSR count). The van der Waals surface area contributed by atoms with Gasteiger partial charge in [-0.1, -0.05) is 30.2 Å². The first-order valence-electron chi connectivity index (χ1n) is 6.55. The van der Waals surface area contributed by atoms with Gasteiger partial charge in [-0.25, -0.2) is 0 Å². The van der Waals surface area contributed by atoms with Crippen LogP contribution < -0.4 is 0 Å². The van der Waals surface area contributed by atoms with Crippen LogP contribution in [-0.2, 0) is 0 Å². The van der Waals surface area contributed by atoms with Crippen molar-refractivity contribution in [3.8, 4) is 0 Å². The number of hydrogen-bond acceptors (Lipinski definition) is 2. The standard InChI is InChI=1S/C16H16O2/c17-14(10-12-6-2-1-3-7-12)16-11-13-8-4-5-9-15(13)18-16/h4-5,8-11H,1-3,6-7H2. The molecule has 0 atom stereocenters. The molecule has 2 nitrogen and oxygen atoms in total. The van der Waals surface area contributed by atoms with Crippen LogP contribution in [-0.4, -0.2) is 5.78 Å². The van der Waals surface area contributed by atoms with Gasteiger partial charge in [0.05, 0.1) is 0 Å². The molecular weight excluding hydrogens is 224 g/mol. The van der Waals surface area contributed by atoms with Gasteiger partial charge in [0.15, 0.2) is 5.76 Å². The summed E-state index contributed by atoms with van der Waals surface area (Å²) >= 11 is 0. The minimum Gasteiger partial charge on any atom is -0.453 e. The maximum Gasteiger partial charge on any atom is 0.220 e. The summed E-state index contributed by atoms with van der Waals surface area (Å²) in [5.41, 5.74) is 2.05. The Balaban J connectivity index is 1.87. The SMILES string of the molecule is O=C(C=C1CCCCC1)c1cc2ccccc2o1. The summed E-state index contributed by atoms with van der Waals surface area (Å²) in [5.74, 6) is 0.456. The first-order valence-corrected chi connectivity index (χ1v) is 6.55. The summed E-state index contributed by atoms with van der Waals surface area (Å²) in [6.07, 6.45) is 7.60. The van der Waals surface area contributed by atoms with Crippen molar-refractivity contribution in [3.63, 3.8) is 0 Å². The number of carbonyl (C=O) groups excluding carboxylic acids is 1. The van der Waals surface area contributed by atoms with E-state index in [0.717, 1.165) is 23.8 Å². The van der Waals surface area contributed by atoms with E-state index in [4.69, 9.17) is 4.42 Å². The lowest BCUT2D eigenvalue weighted by Gasteiger charge is -2.12. The summed E-state index contributed by atoms with van der Waals surface area (Å²) in [7, 11) is 0. The number of ketones is 1. The molecule has 0 bridgehead atoms. The molecule has 1 saturated carbocycles. The monoisotopic (exact) mass is 240 g/mol. The molecule has 1 aliphatic rings. The average Bonchev–Trinajstić information content (AvgIpc) is 2.84. The van der Waals surface area contributed by atoms with Crippen LogP contribution in [0.3, 0.4) is 0 Å². The number of benzene rings is 1. The third kappa shape index (κ3) is 2.23. The highest BCUT2D eigenvalue weighted by Gasteiger charge is 2.12. The van der Waals surface area contributed by atoms with E-state index in [1.165, 1.54) is 24.8 Å². The van der Waals surface area contributed by atoms with Crippen LogP contribution in [0.25, 0.3) is 11.0 Å². The summed E-state index contributed by atoms with van der Waals surface area (Å²) in [6, 6.07) is 9.55. The third-order valence-electron chi connectivity index (χ3n) is 3.50. The van der Waals surface area contributed by atoms with Crippen molar-refractivity contribution in [2.24, 2.45) is 0 Å². The molecule has 1 aromatic heterocycles. The van der Waals surface area contributed by atoms with Crippen molar-refractivity contribution in [1.29, 1.82) is 0 Å². The molecule has 1 aliphatic carbocycles. The number of para-hydroxylation sites is 1. The van der Waals surface area contributed by atoms with Gasteiger partial charge in [-0.05, 0) is 43.9 Å². The second-order valence-corrected chi connectivity index (χ2v) is 4.88. The number of furan rings is 1. The van der Waals surface area contributed by atoms with Crippen LogP contribution in [0, 0.1) is 0 Å². The molecule has 2 heteroatoms. The molecule has 0 amide bonds. The van der Waals surface area contributed by atoms with Crippen molar-refractivity contribution in [2.75, 3.05) is 0 Å². The second-order valence-electron chi connectivity index (χ2n) is 4.88. The molecule has 18 heavy (non-hydrogen) atoms. The Morgan fingerprint density at radius 1 is 1.11 bits per heavy atom. The Bertz CT molecular complexity index is 563. The lowest BCUT2D eigenvalue weighted by Crippen LogP contribution is -1.99. The van der Waals surface area contributed by atoms with Crippen molar-refractivity contribution in [3.05, 3.63) is 47.7 Å². The maximum absolute atomic E-state index is 12.1. The van der Waals surface area contributed by atoms with E-state index < -0.39 is 0 Å². The van der Waals surface area contributed by atoms with Crippen molar-refractivity contribution >= 4 is 16.8 Å². The normalized spacial score (nSPS) is 15.9. The van der Waals surface area contributed by atoms with E-state index >= 15 is 0 Å². The zero-order valence-electron chi connectivity index (χ0n) is 10.3. The molecule has 1 fully saturated rings. The highest BCUT2D eigenvalue weighted by atomic mass is 16.3. The van der Waals surface area contributed by atoms with E-state index in [0.29, 0.717) is 5.76 Å². The fourth-order valence-electron chi connectivity index (χ4n) is 2.51. The molecule has 92 valence electrons. The van der Waals surface area contributed by atoms with Gasteiger partial charge in [0.1, 0.15) is 5.58 Å². The molecule has 0 radical (unpaired) electrons. The predicted molar refractivity (Wildman–Crippen MR) is 71.7 cm³/mol. The Morgan fingerprint density at radius 2 is 1.89 bits per heavy atom.